The summed E-state index contributed by atoms with van der Waals surface area (Å²) in [6, 6.07) is 0.212. The average Bonchev–Trinajstić information content (AvgIpc) is 3.14. The molecule has 3 heterocycles. The van der Waals surface area contributed by atoms with E-state index in [1.54, 1.807) is 12.3 Å². The summed E-state index contributed by atoms with van der Waals surface area (Å²) in [7, 11) is -5.39. The van der Waals surface area contributed by atoms with E-state index in [1.165, 1.54) is 6.20 Å². The molecule has 1 atom stereocenters. The molecule has 9 nitrogen and oxygen atoms in total. The van der Waals surface area contributed by atoms with Crippen molar-refractivity contribution in [2.45, 2.75) is 18.0 Å². The maximum absolute atomic E-state index is 12.5. The lowest BCUT2D eigenvalue weighted by Crippen LogP contribution is -2.43. The number of anilines is 1. The molecule has 1 unspecified atom stereocenters. The quantitative estimate of drug-likeness (QED) is 0.736. The number of fused-ring (bicyclic) bond motifs is 1. The van der Waals surface area contributed by atoms with Crippen molar-refractivity contribution in [3.63, 3.8) is 0 Å². The van der Waals surface area contributed by atoms with E-state index in [1.807, 2.05) is 0 Å². The van der Waals surface area contributed by atoms with Crippen LogP contribution in [0, 0.1) is 0 Å². The number of amides is 2. The van der Waals surface area contributed by atoms with Crippen LogP contribution in [-0.2, 0) is 10.0 Å². The molecule has 0 saturated carbocycles. The first kappa shape index (κ1) is 17.4. The van der Waals surface area contributed by atoms with Crippen molar-refractivity contribution < 1.29 is 26.4 Å². The third-order valence-corrected chi connectivity index (χ3v) is 5.22. The molecule has 0 bridgehead atoms. The van der Waals surface area contributed by atoms with E-state index in [9.17, 15) is 26.4 Å². The summed E-state index contributed by atoms with van der Waals surface area (Å²) in [6.45, 7) is -0.764. The highest BCUT2D eigenvalue weighted by atomic mass is 32.2. The number of carbonyl (C=O) groups excluding carboxylic acids is 1. The first-order chi connectivity index (χ1) is 11.7. The largest absolute Gasteiger partial charge is 0.511 e. The first-order valence-corrected chi connectivity index (χ1v) is 8.55. The van der Waals surface area contributed by atoms with Crippen molar-refractivity contribution in [2.24, 2.45) is 0 Å². The summed E-state index contributed by atoms with van der Waals surface area (Å²) in [6.07, 6.45) is 3.02. The van der Waals surface area contributed by atoms with Gasteiger partial charge in [-0.1, -0.05) is 0 Å². The molecule has 0 spiro atoms. The Bertz CT molecular complexity index is 897. The second kappa shape index (κ2) is 6.15. The lowest BCUT2D eigenvalue weighted by molar-refractivity contribution is -0.0483. The van der Waals surface area contributed by atoms with Gasteiger partial charge in [-0.3, -0.25) is 5.32 Å². The fraction of sp³-hybridized carbons (Fsp3) is 0.417. The lowest BCUT2D eigenvalue weighted by atomic mass is 10.3. The third-order valence-electron chi connectivity index (χ3n) is 3.62. The summed E-state index contributed by atoms with van der Waals surface area (Å²) < 4.78 is 60.5. The van der Waals surface area contributed by atoms with Gasteiger partial charge >= 0.3 is 21.6 Å². The Morgan fingerprint density at radius 1 is 1.40 bits per heavy atom. The number of sulfonamides is 1. The molecule has 136 valence electrons. The number of hydrogen-bond acceptors (Lipinski definition) is 5. The van der Waals surface area contributed by atoms with E-state index in [2.05, 4.69) is 25.6 Å². The smallest absolute Gasteiger partial charge is 0.345 e. The van der Waals surface area contributed by atoms with Crippen LogP contribution in [0.15, 0.2) is 18.5 Å². The van der Waals surface area contributed by atoms with Crippen LogP contribution in [0.1, 0.15) is 6.42 Å². The fourth-order valence-electron chi connectivity index (χ4n) is 2.44. The maximum Gasteiger partial charge on any atom is 0.511 e. The number of rotatable bonds is 3. The average molecular weight is 378 g/mol. The fourth-order valence-corrected chi connectivity index (χ4v) is 3.45. The predicted octanol–water partition coefficient (Wildman–Crippen LogP) is 1.00. The molecule has 0 aromatic carbocycles. The topological polar surface area (TPSA) is 120 Å². The zero-order valence-electron chi connectivity index (χ0n) is 12.5. The Labute approximate surface area is 139 Å². The minimum Gasteiger partial charge on any atom is -0.345 e. The number of aromatic amines is 1. The monoisotopic (exact) mass is 378 g/mol. The summed E-state index contributed by atoms with van der Waals surface area (Å²) in [5.41, 5.74) is -4.29. The van der Waals surface area contributed by atoms with E-state index in [0.717, 1.165) is 0 Å². The van der Waals surface area contributed by atoms with Crippen molar-refractivity contribution in [1.82, 2.24) is 24.6 Å². The van der Waals surface area contributed by atoms with Gasteiger partial charge in [-0.05, 0) is 12.5 Å². The predicted molar refractivity (Wildman–Crippen MR) is 81.0 cm³/mol. The molecule has 2 amide bonds. The molecule has 0 radical (unpaired) electrons. The Kier molecular flexibility index (Phi) is 4.28. The zero-order valence-corrected chi connectivity index (χ0v) is 13.4. The number of H-pyrrole nitrogens is 1. The van der Waals surface area contributed by atoms with Crippen LogP contribution in [0.25, 0.3) is 11.2 Å². The molecule has 3 N–H and O–H groups in total. The van der Waals surface area contributed by atoms with Crippen molar-refractivity contribution in [3.05, 3.63) is 18.5 Å². The molecule has 25 heavy (non-hydrogen) atoms. The lowest BCUT2D eigenvalue weighted by Gasteiger charge is -2.18. The highest BCUT2D eigenvalue weighted by Gasteiger charge is 2.51. The molecule has 0 aliphatic carbocycles. The molecule has 2 aromatic heterocycles. The van der Waals surface area contributed by atoms with Gasteiger partial charge in [0, 0.05) is 25.3 Å². The number of hydrogen-bond donors (Lipinski definition) is 3. The van der Waals surface area contributed by atoms with Crippen molar-refractivity contribution >= 4 is 33.0 Å². The van der Waals surface area contributed by atoms with Gasteiger partial charge in [0.2, 0.25) is 0 Å². The number of halogens is 3. The van der Waals surface area contributed by atoms with Gasteiger partial charge in [0.15, 0.2) is 11.5 Å². The minimum absolute atomic E-state index is 0.0747. The maximum atomic E-state index is 12.5. The normalized spacial score (nSPS) is 19.2. The van der Waals surface area contributed by atoms with Gasteiger partial charge < -0.3 is 10.3 Å². The van der Waals surface area contributed by atoms with E-state index < -0.39 is 34.1 Å². The highest BCUT2D eigenvalue weighted by molar-refractivity contribution is 7.90. The van der Waals surface area contributed by atoms with Crippen LogP contribution < -0.4 is 10.6 Å². The summed E-state index contributed by atoms with van der Waals surface area (Å²) in [4.78, 5) is 22.9. The van der Waals surface area contributed by atoms with Crippen LogP contribution >= 0.6 is 0 Å². The standard InChI is InChI=1S/C12H13F3N6O3S/c13-12(14,15)25(23,24)21-4-2-7(6-21)18-11(22)20-9-5-17-10-8(19-9)1-3-16-10/h1,3,5,7H,2,4,6H2,(H,16,17)(H2,18,19,20,22). The van der Waals surface area contributed by atoms with Crippen LogP contribution in [-0.4, -0.2) is 58.3 Å². The second-order valence-electron chi connectivity index (χ2n) is 5.36. The number of carbonyl (C=O) groups is 1. The second-order valence-corrected chi connectivity index (χ2v) is 7.29. The molecular weight excluding hydrogens is 365 g/mol. The van der Waals surface area contributed by atoms with Gasteiger partial charge in [0.1, 0.15) is 5.52 Å². The number of nitrogens with zero attached hydrogens (tertiary/aromatic N) is 3. The molecule has 3 rings (SSSR count). The van der Waals surface area contributed by atoms with Crippen LogP contribution in [0.2, 0.25) is 0 Å². The molecule has 13 heteroatoms. The van der Waals surface area contributed by atoms with Gasteiger partial charge in [-0.25, -0.2) is 23.2 Å². The molecule has 1 aliphatic rings. The van der Waals surface area contributed by atoms with Crippen LogP contribution in [0.3, 0.4) is 0 Å². The van der Waals surface area contributed by atoms with Crippen LogP contribution in [0.5, 0.6) is 0 Å². The first-order valence-electron chi connectivity index (χ1n) is 7.11. The molecule has 1 aliphatic heterocycles. The number of aromatic nitrogens is 3. The Balaban J connectivity index is 1.59. The number of alkyl halides is 3. The Morgan fingerprint density at radius 2 is 2.16 bits per heavy atom. The SMILES string of the molecule is O=C(Nc1cnc2[nH]ccc2n1)NC1CCN(S(=O)(=O)C(F)(F)F)C1. The van der Waals surface area contributed by atoms with Gasteiger partial charge in [-0.2, -0.15) is 17.5 Å². The highest BCUT2D eigenvalue weighted by Crippen LogP contribution is 2.29. The summed E-state index contributed by atoms with van der Waals surface area (Å²) >= 11 is 0. The van der Waals surface area contributed by atoms with Crippen molar-refractivity contribution in [3.8, 4) is 0 Å². The number of nitrogens with one attached hydrogen (secondary N) is 3. The zero-order chi connectivity index (χ0) is 18.2. The van der Waals surface area contributed by atoms with Gasteiger partial charge in [0.25, 0.3) is 0 Å². The van der Waals surface area contributed by atoms with E-state index >= 15 is 0 Å². The summed E-state index contributed by atoms with van der Waals surface area (Å²) in [5, 5.41) is 4.83. The third kappa shape index (κ3) is 3.51. The van der Waals surface area contributed by atoms with Gasteiger partial charge in [0.05, 0.1) is 6.20 Å². The number of urea groups is 1. The molecule has 2 aromatic rings. The minimum atomic E-state index is -5.39. The molecule has 1 saturated heterocycles. The van der Waals surface area contributed by atoms with Gasteiger partial charge in [-0.15, -0.1) is 0 Å². The Morgan fingerprint density at radius 3 is 2.88 bits per heavy atom. The van der Waals surface area contributed by atoms with Crippen molar-refractivity contribution in [1.29, 1.82) is 0 Å². The van der Waals surface area contributed by atoms with Crippen molar-refractivity contribution in [2.75, 3.05) is 18.4 Å². The molecular formula is C12H13F3N6O3S. The van der Waals surface area contributed by atoms with E-state index in [4.69, 9.17) is 0 Å². The van der Waals surface area contributed by atoms with Crippen LogP contribution in [0.4, 0.5) is 23.8 Å². The Hall–Kier alpha value is -2.41. The molecule has 1 fully saturated rings. The van der Waals surface area contributed by atoms with E-state index in [0.29, 0.717) is 15.5 Å². The van der Waals surface area contributed by atoms with E-state index in [-0.39, 0.29) is 18.8 Å². The summed E-state index contributed by atoms with van der Waals surface area (Å²) in [5.74, 6) is 0.155.